The second-order valence-electron chi connectivity index (χ2n) is 9.35. The van der Waals surface area contributed by atoms with E-state index in [1.165, 1.54) is 11.8 Å². The molecule has 3 aliphatic rings. The molecule has 1 aliphatic carbocycles. The van der Waals surface area contributed by atoms with Gasteiger partial charge in [0.15, 0.2) is 0 Å². The zero-order valence-corrected chi connectivity index (χ0v) is 20.4. The van der Waals surface area contributed by atoms with Crippen LogP contribution in [-0.2, 0) is 20.5 Å². The monoisotopic (exact) mass is 503 g/mol. The molecule has 1 saturated heterocycles. The lowest BCUT2D eigenvalue weighted by Gasteiger charge is -2.42. The Bertz CT molecular complexity index is 1180. The largest absolute Gasteiger partial charge is 0.445 e. The second kappa shape index (κ2) is 8.89. The van der Waals surface area contributed by atoms with Crippen molar-refractivity contribution in [1.29, 1.82) is 0 Å². The zero-order valence-electron chi connectivity index (χ0n) is 19.6. The van der Waals surface area contributed by atoms with Gasteiger partial charge in [-0.2, -0.15) is 0 Å². The first kappa shape index (κ1) is 23.7. The molecule has 0 aromatic heterocycles. The van der Waals surface area contributed by atoms with Crippen LogP contribution >= 0.6 is 0 Å². The Morgan fingerprint density at radius 1 is 1.06 bits per heavy atom. The maximum atomic E-state index is 13.2. The lowest BCUT2D eigenvalue weighted by atomic mass is 9.91. The number of amides is 2. The van der Waals surface area contributed by atoms with Crippen molar-refractivity contribution in [2.24, 2.45) is 0 Å². The molecule has 186 valence electrons. The van der Waals surface area contributed by atoms with Crippen molar-refractivity contribution in [3.05, 3.63) is 42.5 Å². The maximum Gasteiger partial charge on any atom is 0.414 e. The van der Waals surface area contributed by atoms with Gasteiger partial charge in [0, 0.05) is 44.3 Å². The van der Waals surface area contributed by atoms with E-state index in [-0.39, 0.29) is 18.5 Å². The Labute approximate surface area is 205 Å². The number of hydrogen-bond acceptors (Lipinski definition) is 4. The number of ether oxygens (including phenoxy) is 1. The molecule has 0 N–H and O–H groups in total. The highest BCUT2D eigenvalue weighted by Crippen LogP contribution is 2.42. The number of rotatable bonds is 3. The number of fused-ring (bicyclic) bond motifs is 1. The number of benzene rings is 2. The third kappa shape index (κ3) is 4.51. The molecule has 5 rings (SSSR count). The highest BCUT2D eigenvalue weighted by Gasteiger charge is 2.48. The first-order valence-electron chi connectivity index (χ1n) is 11.7. The van der Waals surface area contributed by atoms with Crippen molar-refractivity contribution >= 4 is 40.0 Å². The summed E-state index contributed by atoms with van der Waals surface area (Å²) in [4.78, 5) is 28.4. The molecule has 35 heavy (non-hydrogen) atoms. The lowest BCUT2D eigenvalue weighted by Crippen LogP contribution is -2.53. The third-order valence-electron chi connectivity index (χ3n) is 6.71. The Kier molecular flexibility index (Phi) is 6.03. The van der Waals surface area contributed by atoms with E-state index in [2.05, 4.69) is 0 Å². The van der Waals surface area contributed by atoms with E-state index in [9.17, 15) is 22.6 Å². The summed E-state index contributed by atoms with van der Waals surface area (Å²) in [5.41, 5.74) is 3.67. The second-order valence-corrected chi connectivity index (χ2v) is 10.8. The molecule has 0 radical (unpaired) electrons. The van der Waals surface area contributed by atoms with Crippen LogP contribution in [0.4, 0.5) is 30.6 Å². The molecule has 2 aromatic rings. The molecule has 2 atom stereocenters. The van der Waals surface area contributed by atoms with E-state index in [0.29, 0.717) is 17.1 Å². The minimum absolute atomic E-state index is 0.152. The van der Waals surface area contributed by atoms with E-state index in [1.54, 1.807) is 11.0 Å². The number of hydrogen-bond donors (Lipinski definition) is 0. The number of alkyl halides is 2. The summed E-state index contributed by atoms with van der Waals surface area (Å²) in [7, 11) is -1.00. The Hall–Kier alpha value is -3.01. The predicted octanol–water partition coefficient (Wildman–Crippen LogP) is 4.72. The molecule has 2 unspecified atom stereocenters. The van der Waals surface area contributed by atoms with Gasteiger partial charge in [-0.3, -0.25) is 14.0 Å². The quantitative estimate of drug-likeness (QED) is 0.608. The van der Waals surface area contributed by atoms with Crippen molar-refractivity contribution in [3.8, 4) is 11.1 Å². The van der Waals surface area contributed by atoms with Crippen LogP contribution in [-0.4, -0.2) is 53.1 Å². The highest BCUT2D eigenvalue weighted by molar-refractivity contribution is 7.86. The van der Waals surface area contributed by atoms with E-state index < -0.39 is 41.9 Å². The van der Waals surface area contributed by atoms with Gasteiger partial charge in [-0.05, 0) is 48.7 Å². The van der Waals surface area contributed by atoms with Gasteiger partial charge in [-0.15, -0.1) is 0 Å². The fourth-order valence-electron chi connectivity index (χ4n) is 4.96. The van der Waals surface area contributed by atoms with Crippen molar-refractivity contribution < 1.29 is 27.3 Å². The normalized spacial score (nSPS) is 23.6. The van der Waals surface area contributed by atoms with Gasteiger partial charge in [0.1, 0.15) is 17.1 Å². The third-order valence-corrected chi connectivity index (χ3v) is 8.23. The number of anilines is 3. The van der Waals surface area contributed by atoms with Crippen LogP contribution in [0, 0.1) is 0 Å². The molecule has 2 fully saturated rings. The van der Waals surface area contributed by atoms with Gasteiger partial charge in [0.05, 0.1) is 17.4 Å². The molecule has 2 heterocycles. The number of nitrogens with zero attached hydrogens (tertiary/aromatic N) is 3. The van der Waals surface area contributed by atoms with Crippen LogP contribution in [0.25, 0.3) is 11.1 Å². The van der Waals surface area contributed by atoms with E-state index in [4.69, 9.17) is 4.74 Å². The van der Waals surface area contributed by atoms with Crippen molar-refractivity contribution in [2.45, 2.75) is 51.2 Å². The Morgan fingerprint density at radius 3 is 2.34 bits per heavy atom. The average Bonchev–Trinajstić information content (AvgIpc) is 3.22. The minimum atomic E-state index is -2.79. The first-order chi connectivity index (χ1) is 16.6. The fraction of sp³-hybridized carbons (Fsp3) is 0.440. The van der Waals surface area contributed by atoms with Gasteiger partial charge < -0.3 is 9.64 Å². The molecule has 2 aromatic carbocycles. The van der Waals surface area contributed by atoms with Crippen molar-refractivity contribution in [2.75, 3.05) is 32.9 Å². The van der Waals surface area contributed by atoms with E-state index in [0.717, 1.165) is 29.8 Å². The standard InChI is InChI=1S/C25H27F2N3O4S/c1-16-15-28(24(32)34-21-13-25(26,27)14-21)23-12-19(6-9-22(23)30(16)17(2)31)18-4-7-20(8-5-18)29-10-3-11-35(29)33/h4-9,12,16,21H,3,10-11,13-15H2,1-2H3. The number of halogens is 2. The summed E-state index contributed by atoms with van der Waals surface area (Å²) >= 11 is 0. The van der Waals surface area contributed by atoms with Gasteiger partial charge in [-0.25, -0.2) is 17.8 Å². The molecule has 1 saturated carbocycles. The fourth-order valence-corrected chi connectivity index (χ4v) is 6.25. The number of carbonyl (C=O) groups is 2. The van der Waals surface area contributed by atoms with Crippen LogP contribution < -0.4 is 14.1 Å². The molecule has 7 nitrogen and oxygen atoms in total. The zero-order chi connectivity index (χ0) is 24.9. The Balaban J connectivity index is 1.45. The molecule has 2 amide bonds. The average molecular weight is 504 g/mol. The number of carbonyl (C=O) groups excluding carboxylic acids is 2. The first-order valence-corrected chi connectivity index (χ1v) is 13.0. The SMILES string of the molecule is CC(=O)N1c2ccc(-c3ccc(N4CCCS4=O)cc3)cc2N(C(=O)OC2CC(F)(F)C2)CC1C. The van der Waals surface area contributed by atoms with Gasteiger partial charge >= 0.3 is 6.09 Å². The summed E-state index contributed by atoms with van der Waals surface area (Å²) < 4.78 is 45.9. The summed E-state index contributed by atoms with van der Waals surface area (Å²) in [6.45, 7) is 4.25. The van der Waals surface area contributed by atoms with Crippen molar-refractivity contribution in [1.82, 2.24) is 0 Å². The van der Waals surface area contributed by atoms with Crippen LogP contribution in [0.15, 0.2) is 42.5 Å². The summed E-state index contributed by atoms with van der Waals surface area (Å²) in [5.74, 6) is -2.27. The smallest absolute Gasteiger partial charge is 0.414 e. The highest BCUT2D eigenvalue weighted by atomic mass is 32.2. The molecule has 0 spiro atoms. The molecule has 0 bridgehead atoms. The van der Waals surface area contributed by atoms with Crippen LogP contribution in [0.5, 0.6) is 0 Å². The van der Waals surface area contributed by atoms with Crippen molar-refractivity contribution in [3.63, 3.8) is 0 Å². The topological polar surface area (TPSA) is 70.2 Å². The molecule has 10 heteroatoms. The van der Waals surface area contributed by atoms with Gasteiger partial charge in [0.25, 0.3) is 5.92 Å². The molecular weight excluding hydrogens is 476 g/mol. The lowest BCUT2D eigenvalue weighted by molar-refractivity contribution is -0.143. The van der Waals surface area contributed by atoms with Crippen LogP contribution in [0.3, 0.4) is 0 Å². The summed E-state index contributed by atoms with van der Waals surface area (Å²) in [6.07, 6.45) is -1.54. The predicted molar refractivity (Wildman–Crippen MR) is 131 cm³/mol. The van der Waals surface area contributed by atoms with E-state index >= 15 is 0 Å². The van der Waals surface area contributed by atoms with Crippen LogP contribution in [0.1, 0.15) is 33.1 Å². The van der Waals surface area contributed by atoms with Gasteiger partial charge in [0.2, 0.25) is 5.91 Å². The maximum absolute atomic E-state index is 13.2. The van der Waals surface area contributed by atoms with Crippen LogP contribution in [0.2, 0.25) is 0 Å². The van der Waals surface area contributed by atoms with E-state index in [1.807, 2.05) is 47.6 Å². The molecule has 2 aliphatic heterocycles. The minimum Gasteiger partial charge on any atom is -0.445 e. The summed E-state index contributed by atoms with van der Waals surface area (Å²) in [5, 5.41) is 0. The summed E-state index contributed by atoms with van der Waals surface area (Å²) in [6, 6.07) is 12.9. The van der Waals surface area contributed by atoms with Gasteiger partial charge in [-0.1, -0.05) is 18.2 Å². The Morgan fingerprint density at radius 2 is 1.74 bits per heavy atom. The molecular formula is C25H27F2N3O4S.